The Morgan fingerprint density at radius 1 is 1.36 bits per heavy atom. The minimum absolute atomic E-state index is 0.00120. The summed E-state index contributed by atoms with van der Waals surface area (Å²) < 4.78 is 39.2. The van der Waals surface area contributed by atoms with Crippen molar-refractivity contribution in [3.8, 4) is 0 Å². The van der Waals surface area contributed by atoms with E-state index in [4.69, 9.17) is 16.7 Å². The maximum atomic E-state index is 13.1. The van der Waals surface area contributed by atoms with Crippen molar-refractivity contribution >= 4 is 23.5 Å². The number of carbonyl (C=O) groups excluding carboxylic acids is 1. The molecule has 1 aliphatic rings. The number of likely N-dealkylation sites (N-methyl/N-ethyl adjacent to an activating group) is 1. The maximum absolute atomic E-state index is 13.1. The average molecular weight is 379 g/mol. The molecule has 0 spiro atoms. The summed E-state index contributed by atoms with van der Waals surface area (Å²) in [6.45, 7) is 2.28. The summed E-state index contributed by atoms with van der Waals surface area (Å²) in [4.78, 5) is 24.7. The predicted molar refractivity (Wildman–Crippen MR) is 85.6 cm³/mol. The molecule has 0 bridgehead atoms. The Morgan fingerprint density at radius 3 is 2.52 bits per heavy atom. The van der Waals surface area contributed by atoms with Gasteiger partial charge in [-0.2, -0.15) is 13.2 Å². The highest BCUT2D eigenvalue weighted by Crippen LogP contribution is 2.34. The third-order valence-electron chi connectivity index (χ3n) is 4.24. The van der Waals surface area contributed by atoms with Gasteiger partial charge in [0.25, 0.3) is 5.91 Å². The number of carboxylic acids is 1. The molecule has 0 heterocycles. The molecule has 1 fully saturated rings. The van der Waals surface area contributed by atoms with Crippen molar-refractivity contribution < 1.29 is 27.9 Å². The van der Waals surface area contributed by atoms with Gasteiger partial charge in [-0.15, -0.1) is 0 Å². The van der Waals surface area contributed by atoms with Gasteiger partial charge >= 0.3 is 12.1 Å². The van der Waals surface area contributed by atoms with E-state index in [1.54, 1.807) is 4.90 Å². The Balaban J connectivity index is 2.00. The Labute approximate surface area is 147 Å². The molecule has 0 aliphatic heterocycles. The number of halogens is 4. The zero-order valence-corrected chi connectivity index (χ0v) is 14.2. The lowest BCUT2D eigenvalue weighted by Crippen LogP contribution is -2.54. The normalized spacial score (nSPS) is 20.2. The lowest BCUT2D eigenvalue weighted by Gasteiger charge is -2.42. The number of amides is 1. The number of alkyl halides is 3. The quantitative estimate of drug-likeness (QED) is 0.798. The molecule has 0 aromatic heterocycles. The number of hydrogen-bond acceptors (Lipinski definition) is 3. The van der Waals surface area contributed by atoms with E-state index < -0.39 is 29.2 Å². The molecular weight excluding hydrogens is 361 g/mol. The summed E-state index contributed by atoms with van der Waals surface area (Å²) in [6.07, 6.45) is -3.68. The summed E-state index contributed by atoms with van der Waals surface area (Å²) in [6, 6.07) is 2.74. The van der Waals surface area contributed by atoms with Gasteiger partial charge in [0.15, 0.2) is 0 Å². The van der Waals surface area contributed by atoms with Gasteiger partial charge < -0.3 is 10.4 Å². The number of nitrogens with zero attached hydrogens (tertiary/aromatic N) is 1. The van der Waals surface area contributed by atoms with Crippen LogP contribution in [0.3, 0.4) is 0 Å². The average Bonchev–Trinajstić information content (AvgIpc) is 2.47. The summed E-state index contributed by atoms with van der Waals surface area (Å²) >= 11 is 5.60. The van der Waals surface area contributed by atoms with E-state index in [0.717, 1.165) is 12.1 Å². The number of aliphatic carboxylic acids is 1. The second kappa shape index (κ2) is 7.61. The van der Waals surface area contributed by atoms with E-state index in [2.05, 4.69) is 5.32 Å². The Bertz CT molecular complexity index is 661. The monoisotopic (exact) mass is 378 g/mol. The minimum atomic E-state index is -4.68. The van der Waals surface area contributed by atoms with Crippen LogP contribution in [0.2, 0.25) is 5.02 Å². The van der Waals surface area contributed by atoms with E-state index >= 15 is 0 Å². The van der Waals surface area contributed by atoms with Crippen LogP contribution in [0.1, 0.15) is 35.7 Å². The van der Waals surface area contributed by atoms with Crippen LogP contribution in [0.4, 0.5) is 13.2 Å². The second-order valence-corrected chi connectivity index (χ2v) is 6.38. The molecule has 138 valence electrons. The molecule has 2 N–H and O–H groups in total. The van der Waals surface area contributed by atoms with Crippen LogP contribution in [0.15, 0.2) is 18.2 Å². The van der Waals surface area contributed by atoms with Crippen molar-refractivity contribution in [3.63, 3.8) is 0 Å². The minimum Gasteiger partial charge on any atom is -0.480 e. The zero-order chi connectivity index (χ0) is 18.8. The van der Waals surface area contributed by atoms with E-state index in [-0.39, 0.29) is 23.7 Å². The molecule has 2 rings (SSSR count). The number of rotatable bonds is 6. The third-order valence-corrected chi connectivity index (χ3v) is 4.48. The fourth-order valence-electron chi connectivity index (χ4n) is 2.89. The van der Waals surface area contributed by atoms with Crippen LogP contribution in [-0.4, -0.2) is 47.1 Å². The van der Waals surface area contributed by atoms with Gasteiger partial charge in [-0.1, -0.05) is 18.5 Å². The maximum Gasteiger partial charge on any atom is 0.417 e. The smallest absolute Gasteiger partial charge is 0.417 e. The first-order valence-electron chi connectivity index (χ1n) is 7.75. The van der Waals surface area contributed by atoms with Gasteiger partial charge in [-0.3, -0.25) is 14.5 Å². The molecule has 1 aliphatic carbocycles. The van der Waals surface area contributed by atoms with Gasteiger partial charge in [-0.05, 0) is 37.6 Å². The summed E-state index contributed by atoms with van der Waals surface area (Å²) in [5.41, 5.74) is -1.55. The van der Waals surface area contributed by atoms with Crippen LogP contribution in [0, 0.1) is 0 Å². The number of hydrogen-bond donors (Lipinski definition) is 2. The van der Waals surface area contributed by atoms with Crippen LogP contribution in [0.25, 0.3) is 0 Å². The third kappa shape index (κ3) is 4.85. The summed E-state index contributed by atoms with van der Waals surface area (Å²) in [5, 5.41) is 11.3. The molecule has 0 saturated heterocycles. The lowest BCUT2D eigenvalue weighted by atomic mass is 9.85. The van der Waals surface area contributed by atoms with E-state index in [9.17, 15) is 22.8 Å². The topological polar surface area (TPSA) is 69.6 Å². The second-order valence-electron chi connectivity index (χ2n) is 5.94. The van der Waals surface area contributed by atoms with Crippen molar-refractivity contribution in [1.29, 1.82) is 0 Å². The standard InChI is InChI=1S/C16H18ClF3N2O3/c1-2-22(8-14(23)24)11-6-10(7-11)21-15(25)12-4-3-9(17)5-13(12)16(18,19)20/h3-5,10-11H,2,6-8H2,1H3,(H,21,25)(H,23,24). The summed E-state index contributed by atoms with van der Waals surface area (Å²) in [7, 11) is 0. The number of carboxylic acid groups (broad SMARTS) is 1. The Morgan fingerprint density at radius 2 is 2.00 bits per heavy atom. The van der Waals surface area contributed by atoms with Crippen molar-refractivity contribution in [1.82, 2.24) is 10.2 Å². The fraction of sp³-hybridized carbons (Fsp3) is 0.500. The van der Waals surface area contributed by atoms with Gasteiger partial charge in [0.05, 0.1) is 17.7 Å². The number of benzene rings is 1. The Hall–Kier alpha value is -1.80. The zero-order valence-electron chi connectivity index (χ0n) is 13.4. The molecule has 1 aromatic carbocycles. The van der Waals surface area contributed by atoms with Crippen molar-refractivity contribution in [3.05, 3.63) is 34.3 Å². The molecule has 0 radical (unpaired) electrons. The van der Waals surface area contributed by atoms with Crippen molar-refractivity contribution in [2.24, 2.45) is 0 Å². The molecule has 9 heteroatoms. The highest BCUT2D eigenvalue weighted by Gasteiger charge is 2.38. The van der Waals surface area contributed by atoms with E-state index in [1.807, 2.05) is 6.92 Å². The fourth-order valence-corrected chi connectivity index (χ4v) is 3.06. The summed E-state index contributed by atoms with van der Waals surface area (Å²) in [5.74, 6) is -1.75. The van der Waals surface area contributed by atoms with Crippen molar-refractivity contribution in [2.75, 3.05) is 13.1 Å². The first-order valence-corrected chi connectivity index (χ1v) is 8.13. The molecule has 25 heavy (non-hydrogen) atoms. The van der Waals surface area contributed by atoms with E-state index in [0.29, 0.717) is 19.4 Å². The van der Waals surface area contributed by atoms with Gasteiger partial charge in [0, 0.05) is 17.1 Å². The van der Waals surface area contributed by atoms with Crippen LogP contribution in [-0.2, 0) is 11.0 Å². The predicted octanol–water partition coefficient (Wildman–Crippen LogP) is 3.03. The molecule has 1 saturated carbocycles. The lowest BCUT2D eigenvalue weighted by molar-refractivity contribution is -0.139. The highest BCUT2D eigenvalue weighted by molar-refractivity contribution is 6.30. The van der Waals surface area contributed by atoms with Crippen LogP contribution >= 0.6 is 11.6 Å². The highest BCUT2D eigenvalue weighted by atomic mass is 35.5. The largest absolute Gasteiger partial charge is 0.480 e. The first-order chi connectivity index (χ1) is 11.6. The first kappa shape index (κ1) is 19.5. The molecular formula is C16H18ClF3N2O3. The van der Waals surface area contributed by atoms with Gasteiger partial charge in [-0.25, -0.2) is 0 Å². The van der Waals surface area contributed by atoms with Crippen LogP contribution in [0.5, 0.6) is 0 Å². The number of carbonyl (C=O) groups is 2. The molecule has 0 unspecified atom stereocenters. The van der Waals surface area contributed by atoms with Crippen LogP contribution < -0.4 is 5.32 Å². The SMILES string of the molecule is CCN(CC(=O)O)C1CC(NC(=O)c2ccc(Cl)cc2C(F)(F)F)C1. The van der Waals surface area contributed by atoms with Gasteiger partial charge in [0.2, 0.25) is 0 Å². The number of nitrogens with one attached hydrogen (secondary N) is 1. The Kier molecular flexibility index (Phi) is 5.95. The van der Waals surface area contributed by atoms with Gasteiger partial charge in [0.1, 0.15) is 0 Å². The molecule has 5 nitrogen and oxygen atoms in total. The molecule has 1 aromatic rings. The molecule has 1 amide bonds. The van der Waals surface area contributed by atoms with Crippen molar-refractivity contribution in [2.45, 2.75) is 38.0 Å². The van der Waals surface area contributed by atoms with E-state index in [1.165, 1.54) is 6.07 Å². The molecule has 0 atom stereocenters.